The normalized spacial score (nSPS) is 15.7. The lowest BCUT2D eigenvalue weighted by molar-refractivity contribution is -0.137. The van der Waals surface area contributed by atoms with Gasteiger partial charge in [0.2, 0.25) is 15.9 Å². The third kappa shape index (κ3) is 5.35. The number of sulfonamides is 1. The maximum Gasteiger partial charge on any atom is 0.241 e. The Morgan fingerprint density at radius 3 is 2.48 bits per heavy atom. The quantitative estimate of drug-likeness (QED) is 0.741. The Kier molecular flexibility index (Phi) is 6.89. The van der Waals surface area contributed by atoms with Gasteiger partial charge >= 0.3 is 0 Å². The highest BCUT2D eigenvalue weighted by Gasteiger charge is 2.30. The van der Waals surface area contributed by atoms with Crippen molar-refractivity contribution in [2.75, 3.05) is 33.4 Å². The van der Waals surface area contributed by atoms with Crippen molar-refractivity contribution in [3.63, 3.8) is 0 Å². The van der Waals surface area contributed by atoms with Gasteiger partial charge in [-0.15, -0.1) is 0 Å². The number of benzene rings is 2. The Labute approximate surface area is 171 Å². The van der Waals surface area contributed by atoms with Gasteiger partial charge in [0.25, 0.3) is 0 Å². The zero-order valence-corrected chi connectivity index (χ0v) is 17.4. The van der Waals surface area contributed by atoms with Crippen LogP contribution in [0.15, 0.2) is 53.4 Å². The molecule has 1 saturated heterocycles. The van der Waals surface area contributed by atoms with Crippen molar-refractivity contribution < 1.29 is 22.7 Å². The highest BCUT2D eigenvalue weighted by atomic mass is 32.2. The summed E-state index contributed by atoms with van der Waals surface area (Å²) in [5.74, 6) is 0.361. The molecular weight excluding hydrogens is 392 g/mol. The summed E-state index contributed by atoms with van der Waals surface area (Å²) in [6.45, 7) is 3.58. The molecule has 0 spiro atoms. The topological polar surface area (TPSA) is 84.9 Å². The average Bonchev–Trinajstić information content (AvgIpc) is 2.74. The number of methoxy groups -OCH3 is 1. The molecule has 2 aromatic rings. The summed E-state index contributed by atoms with van der Waals surface area (Å²) in [5.41, 5.74) is 1.59. The van der Waals surface area contributed by atoms with E-state index in [4.69, 9.17) is 9.47 Å². The van der Waals surface area contributed by atoms with Crippen LogP contribution in [-0.2, 0) is 26.0 Å². The van der Waals surface area contributed by atoms with Gasteiger partial charge < -0.3 is 14.4 Å². The Hall–Kier alpha value is -2.42. The second kappa shape index (κ2) is 9.39. The molecule has 7 nitrogen and oxygen atoms in total. The highest BCUT2D eigenvalue weighted by molar-refractivity contribution is 7.89. The summed E-state index contributed by atoms with van der Waals surface area (Å²) in [6, 6.07) is 13.1. The summed E-state index contributed by atoms with van der Waals surface area (Å²) in [4.78, 5) is 14.9. The van der Waals surface area contributed by atoms with E-state index in [9.17, 15) is 13.2 Å². The smallest absolute Gasteiger partial charge is 0.241 e. The van der Waals surface area contributed by atoms with Crippen LogP contribution in [0.3, 0.4) is 0 Å². The van der Waals surface area contributed by atoms with E-state index < -0.39 is 16.1 Å². The summed E-state index contributed by atoms with van der Waals surface area (Å²) in [5, 5.41) is 0. The number of hydrogen-bond donors (Lipinski definition) is 1. The molecule has 2 aromatic carbocycles. The van der Waals surface area contributed by atoms with Gasteiger partial charge in [0, 0.05) is 13.1 Å². The number of nitrogens with zero attached hydrogens (tertiary/aromatic N) is 1. The molecule has 0 aromatic heterocycles. The maximum absolute atomic E-state index is 13.1. The summed E-state index contributed by atoms with van der Waals surface area (Å²) >= 11 is 0. The van der Waals surface area contributed by atoms with Crippen molar-refractivity contribution in [3.05, 3.63) is 59.7 Å². The number of morpholine rings is 1. The molecule has 0 bridgehead atoms. The molecule has 1 atom stereocenters. The van der Waals surface area contributed by atoms with Gasteiger partial charge in [0.15, 0.2) is 0 Å². The fourth-order valence-electron chi connectivity index (χ4n) is 3.31. The molecule has 156 valence electrons. The number of amides is 1. The van der Waals surface area contributed by atoms with E-state index in [1.807, 2.05) is 30.3 Å². The standard InChI is InChI=1S/C21H26N2O5S/c1-16-14-18(8-9-20(16)27-2)29(25,26)22-19(15-17-6-4-3-5-7-17)21(24)23-10-12-28-13-11-23/h3-9,14,19,22H,10-13,15H2,1-2H3/t19-/m0/s1. The summed E-state index contributed by atoms with van der Waals surface area (Å²) < 4.78 is 39.2. The maximum atomic E-state index is 13.1. The van der Waals surface area contributed by atoms with Gasteiger partial charge in [0.1, 0.15) is 11.8 Å². The number of rotatable bonds is 7. The van der Waals surface area contributed by atoms with E-state index in [2.05, 4.69) is 4.72 Å². The zero-order chi connectivity index (χ0) is 20.9. The van der Waals surface area contributed by atoms with Crippen molar-refractivity contribution in [1.82, 2.24) is 9.62 Å². The lowest BCUT2D eigenvalue weighted by atomic mass is 10.1. The van der Waals surface area contributed by atoms with Crippen LogP contribution >= 0.6 is 0 Å². The third-order valence-electron chi connectivity index (χ3n) is 4.88. The molecule has 29 heavy (non-hydrogen) atoms. The zero-order valence-electron chi connectivity index (χ0n) is 16.6. The van der Waals surface area contributed by atoms with E-state index in [1.165, 1.54) is 13.2 Å². The predicted molar refractivity (Wildman–Crippen MR) is 109 cm³/mol. The number of ether oxygens (including phenoxy) is 2. The molecule has 1 heterocycles. The molecule has 1 fully saturated rings. The van der Waals surface area contributed by atoms with E-state index in [-0.39, 0.29) is 17.2 Å². The van der Waals surface area contributed by atoms with Crippen LogP contribution in [0.2, 0.25) is 0 Å². The predicted octanol–water partition coefficient (Wildman–Crippen LogP) is 1.75. The molecule has 3 rings (SSSR count). The van der Waals surface area contributed by atoms with Crippen LogP contribution in [0.1, 0.15) is 11.1 Å². The fourth-order valence-corrected chi connectivity index (χ4v) is 4.58. The van der Waals surface area contributed by atoms with Gasteiger partial charge in [-0.2, -0.15) is 4.72 Å². The number of hydrogen-bond acceptors (Lipinski definition) is 5. The largest absolute Gasteiger partial charge is 0.496 e. The van der Waals surface area contributed by atoms with Crippen molar-refractivity contribution >= 4 is 15.9 Å². The lowest BCUT2D eigenvalue weighted by Gasteiger charge is -2.30. The van der Waals surface area contributed by atoms with Gasteiger partial charge in [-0.3, -0.25) is 4.79 Å². The first kappa shape index (κ1) is 21.3. The van der Waals surface area contributed by atoms with E-state index >= 15 is 0 Å². The van der Waals surface area contributed by atoms with Crippen molar-refractivity contribution in [3.8, 4) is 5.75 Å². The van der Waals surface area contributed by atoms with Crippen LogP contribution in [0.5, 0.6) is 5.75 Å². The molecule has 8 heteroatoms. The van der Waals surface area contributed by atoms with Crippen molar-refractivity contribution in [2.45, 2.75) is 24.3 Å². The van der Waals surface area contributed by atoms with Crippen LogP contribution in [-0.4, -0.2) is 58.7 Å². The SMILES string of the molecule is COc1ccc(S(=O)(=O)N[C@@H](Cc2ccccc2)C(=O)N2CCOCC2)cc1C. The van der Waals surface area contributed by atoms with E-state index in [0.29, 0.717) is 37.6 Å². The first-order valence-electron chi connectivity index (χ1n) is 9.48. The highest BCUT2D eigenvalue weighted by Crippen LogP contribution is 2.22. The number of carbonyl (C=O) groups excluding carboxylic acids is 1. The summed E-state index contributed by atoms with van der Waals surface area (Å²) in [6.07, 6.45) is 0.269. The third-order valence-corrected chi connectivity index (χ3v) is 6.35. The van der Waals surface area contributed by atoms with Crippen molar-refractivity contribution in [1.29, 1.82) is 0 Å². The average molecular weight is 419 g/mol. The number of carbonyl (C=O) groups is 1. The monoisotopic (exact) mass is 418 g/mol. The van der Waals surface area contributed by atoms with Crippen LogP contribution in [0.4, 0.5) is 0 Å². The van der Waals surface area contributed by atoms with E-state index in [1.54, 1.807) is 24.0 Å². The van der Waals surface area contributed by atoms with Gasteiger partial charge in [-0.25, -0.2) is 8.42 Å². The molecule has 1 amide bonds. The molecule has 0 saturated carbocycles. The Morgan fingerprint density at radius 1 is 1.17 bits per heavy atom. The van der Waals surface area contributed by atoms with Crippen LogP contribution in [0, 0.1) is 6.92 Å². The molecular formula is C21H26N2O5S. The molecule has 0 unspecified atom stereocenters. The van der Waals surface area contributed by atoms with E-state index in [0.717, 1.165) is 5.56 Å². The molecule has 1 aliphatic heterocycles. The van der Waals surface area contributed by atoms with Crippen LogP contribution < -0.4 is 9.46 Å². The Bertz CT molecular complexity index is 941. The number of nitrogens with one attached hydrogen (secondary N) is 1. The minimum absolute atomic E-state index is 0.101. The first-order valence-corrected chi connectivity index (χ1v) is 11.0. The number of aryl methyl sites for hydroxylation is 1. The van der Waals surface area contributed by atoms with Gasteiger partial charge in [-0.1, -0.05) is 30.3 Å². The lowest BCUT2D eigenvalue weighted by Crippen LogP contribution is -2.52. The Morgan fingerprint density at radius 2 is 1.86 bits per heavy atom. The van der Waals surface area contributed by atoms with Gasteiger partial charge in [-0.05, 0) is 42.7 Å². The Balaban J connectivity index is 1.86. The van der Waals surface area contributed by atoms with Gasteiger partial charge in [0.05, 0.1) is 25.2 Å². The molecule has 0 radical (unpaired) electrons. The molecule has 1 aliphatic rings. The minimum Gasteiger partial charge on any atom is -0.496 e. The minimum atomic E-state index is -3.90. The summed E-state index contributed by atoms with van der Waals surface area (Å²) in [7, 11) is -2.36. The first-order chi connectivity index (χ1) is 13.9. The molecule has 0 aliphatic carbocycles. The van der Waals surface area contributed by atoms with Crippen LogP contribution in [0.25, 0.3) is 0 Å². The fraction of sp³-hybridized carbons (Fsp3) is 0.381. The van der Waals surface area contributed by atoms with Crippen molar-refractivity contribution in [2.24, 2.45) is 0 Å². The second-order valence-corrected chi connectivity index (χ2v) is 8.65. The second-order valence-electron chi connectivity index (χ2n) is 6.93. The molecule has 1 N–H and O–H groups in total.